The van der Waals surface area contributed by atoms with Crippen molar-refractivity contribution in [3.8, 4) is 22.4 Å². The maximum absolute atomic E-state index is 9.11. The van der Waals surface area contributed by atoms with Gasteiger partial charge in [0.1, 0.15) is 11.2 Å². The molecule has 2 heterocycles. The number of benzene rings is 8. The topological polar surface area (TPSA) is 78.0 Å². The van der Waals surface area contributed by atoms with Crippen LogP contribution in [0.1, 0.15) is 5.56 Å². The molecule has 2 aromatic heterocycles. The molecule has 0 saturated heterocycles. The van der Waals surface area contributed by atoms with Crippen molar-refractivity contribution in [2.75, 3.05) is 0 Å². The maximum atomic E-state index is 9.11. The number of furan rings is 1. The van der Waals surface area contributed by atoms with Gasteiger partial charge in [0.15, 0.2) is 5.84 Å². The molecule has 0 aliphatic carbocycles. The van der Waals surface area contributed by atoms with Crippen LogP contribution >= 0.6 is 0 Å². The van der Waals surface area contributed by atoms with Gasteiger partial charge in [-0.15, -0.1) is 0 Å². The number of amidine groups is 1. The highest BCUT2D eigenvalue weighted by molar-refractivity contribution is 6.25. The second-order valence-corrected chi connectivity index (χ2v) is 12.6. The Balaban J connectivity index is 1.09. The lowest BCUT2D eigenvalue weighted by atomic mass is 9.92. The van der Waals surface area contributed by atoms with E-state index < -0.39 is 0 Å². The number of rotatable bonds is 3. The summed E-state index contributed by atoms with van der Waals surface area (Å²) >= 11 is 0. The van der Waals surface area contributed by atoms with Gasteiger partial charge in [-0.1, -0.05) is 127 Å². The molecule has 0 amide bonds. The lowest BCUT2D eigenvalue weighted by molar-refractivity contribution is 0.669. The summed E-state index contributed by atoms with van der Waals surface area (Å²) in [6.45, 7) is 0. The molecule has 234 valence electrons. The van der Waals surface area contributed by atoms with Gasteiger partial charge in [0.05, 0.1) is 11.2 Å². The van der Waals surface area contributed by atoms with E-state index in [0.29, 0.717) is 11.2 Å². The first-order valence-electron chi connectivity index (χ1n) is 16.7. The SMILES string of the molecule is N=C(/N=c1/nc(-c2cccc3oc4ccccc4c23)c2ccccc2[nH]1)c1cccc(-c2ccc3c4ccccc4c4ccccc4c3c2)c1. The molecule has 5 nitrogen and oxygen atoms in total. The number of nitrogens with one attached hydrogen (secondary N) is 2. The fraction of sp³-hybridized carbons (Fsp3) is 0. The van der Waals surface area contributed by atoms with Gasteiger partial charge in [-0.3, -0.25) is 5.41 Å². The number of para-hydroxylation sites is 2. The monoisotopic (exact) mass is 640 g/mol. The summed E-state index contributed by atoms with van der Waals surface area (Å²) in [5, 5.41) is 19.6. The molecule has 0 spiro atoms. The van der Waals surface area contributed by atoms with Crippen molar-refractivity contribution in [3.05, 3.63) is 169 Å². The molecule has 0 unspecified atom stereocenters. The van der Waals surface area contributed by atoms with Crippen LogP contribution in [0.2, 0.25) is 0 Å². The van der Waals surface area contributed by atoms with E-state index in [4.69, 9.17) is 19.8 Å². The summed E-state index contributed by atoms with van der Waals surface area (Å²) in [6.07, 6.45) is 0. The fourth-order valence-corrected chi connectivity index (χ4v) is 7.45. The zero-order valence-electron chi connectivity index (χ0n) is 26.8. The Morgan fingerprint density at radius 1 is 0.520 bits per heavy atom. The number of fused-ring (bicyclic) bond motifs is 10. The summed E-state index contributed by atoms with van der Waals surface area (Å²) in [5.41, 5.74) is 7.45. The second kappa shape index (κ2) is 11.1. The molecule has 0 bridgehead atoms. The standard InChI is InChI=1S/C45H28N4O/c46-44(29-12-9-11-27(25-29)28-23-24-34-32-15-2-1-13-30(32)31-14-3-4-16-33(31)38(34)26-28)49-45-47-39-20-7-5-17-35(39)43(48-45)37-19-10-22-41-42(37)36-18-6-8-21-40(36)50-41/h1-26H,(H2,46,47,48,49). The van der Waals surface area contributed by atoms with Gasteiger partial charge < -0.3 is 9.40 Å². The van der Waals surface area contributed by atoms with Crippen molar-refractivity contribution in [1.82, 2.24) is 9.97 Å². The van der Waals surface area contributed by atoms with Gasteiger partial charge >= 0.3 is 0 Å². The predicted molar refractivity (Wildman–Crippen MR) is 206 cm³/mol. The molecule has 0 aliphatic rings. The van der Waals surface area contributed by atoms with Crippen LogP contribution in [-0.4, -0.2) is 15.8 Å². The lowest BCUT2D eigenvalue weighted by Gasteiger charge is -2.12. The molecule has 0 saturated carbocycles. The van der Waals surface area contributed by atoms with Crippen molar-refractivity contribution in [2.24, 2.45) is 4.99 Å². The van der Waals surface area contributed by atoms with Gasteiger partial charge in [0, 0.05) is 27.3 Å². The summed E-state index contributed by atoms with van der Waals surface area (Å²) in [4.78, 5) is 13.2. The van der Waals surface area contributed by atoms with Gasteiger partial charge in [0.25, 0.3) is 0 Å². The van der Waals surface area contributed by atoms with Crippen molar-refractivity contribution in [3.63, 3.8) is 0 Å². The quantitative estimate of drug-likeness (QED) is 0.114. The van der Waals surface area contributed by atoms with Crippen LogP contribution in [0.25, 0.3) is 87.5 Å². The Labute approximate surface area is 286 Å². The van der Waals surface area contributed by atoms with Crippen molar-refractivity contribution < 1.29 is 4.42 Å². The highest BCUT2D eigenvalue weighted by Gasteiger charge is 2.16. The molecule has 5 heteroatoms. The van der Waals surface area contributed by atoms with E-state index >= 15 is 0 Å². The van der Waals surface area contributed by atoms with Crippen LogP contribution in [0.5, 0.6) is 0 Å². The summed E-state index contributed by atoms with van der Waals surface area (Å²) < 4.78 is 6.20. The van der Waals surface area contributed by atoms with E-state index in [1.165, 1.54) is 32.3 Å². The molecule has 10 rings (SSSR count). The first kappa shape index (κ1) is 28.2. The normalized spacial score (nSPS) is 12.2. The summed E-state index contributed by atoms with van der Waals surface area (Å²) in [6, 6.07) is 54.2. The minimum atomic E-state index is 0.126. The Bertz CT molecular complexity index is 3040. The average molecular weight is 641 g/mol. The largest absolute Gasteiger partial charge is 0.456 e. The average Bonchev–Trinajstić information content (AvgIpc) is 3.57. The van der Waals surface area contributed by atoms with Gasteiger partial charge in [-0.2, -0.15) is 4.99 Å². The Hall–Kier alpha value is -6.85. The number of aromatic nitrogens is 2. The van der Waals surface area contributed by atoms with E-state index in [1.54, 1.807) is 0 Å². The van der Waals surface area contributed by atoms with E-state index in [1.807, 2.05) is 66.7 Å². The van der Waals surface area contributed by atoms with Crippen LogP contribution in [0.3, 0.4) is 0 Å². The van der Waals surface area contributed by atoms with Gasteiger partial charge in [0.2, 0.25) is 5.62 Å². The van der Waals surface area contributed by atoms with Crippen molar-refractivity contribution in [2.45, 2.75) is 0 Å². The molecule has 0 radical (unpaired) electrons. The molecule has 50 heavy (non-hydrogen) atoms. The molecular formula is C45H28N4O. The molecule has 2 N–H and O–H groups in total. The minimum Gasteiger partial charge on any atom is -0.456 e. The second-order valence-electron chi connectivity index (χ2n) is 12.6. The number of aromatic amines is 1. The van der Waals surface area contributed by atoms with Crippen molar-refractivity contribution in [1.29, 1.82) is 5.41 Å². The van der Waals surface area contributed by atoms with E-state index in [2.05, 4.69) is 96.0 Å². The Morgan fingerprint density at radius 3 is 1.90 bits per heavy atom. The minimum absolute atomic E-state index is 0.126. The zero-order valence-corrected chi connectivity index (χ0v) is 26.8. The smallest absolute Gasteiger partial charge is 0.229 e. The number of hydrogen-bond donors (Lipinski definition) is 2. The maximum Gasteiger partial charge on any atom is 0.229 e. The van der Waals surface area contributed by atoms with Crippen LogP contribution in [0.15, 0.2) is 167 Å². The summed E-state index contributed by atoms with van der Waals surface area (Å²) in [7, 11) is 0. The highest BCUT2D eigenvalue weighted by Crippen LogP contribution is 2.39. The third-order valence-electron chi connectivity index (χ3n) is 9.74. The molecule has 8 aromatic carbocycles. The number of nitrogens with zero attached hydrogens (tertiary/aromatic N) is 2. The number of hydrogen-bond acceptors (Lipinski definition) is 3. The first-order valence-corrected chi connectivity index (χ1v) is 16.7. The van der Waals surface area contributed by atoms with E-state index in [9.17, 15) is 0 Å². The van der Waals surface area contributed by atoms with Gasteiger partial charge in [-0.05, 0) is 73.8 Å². The predicted octanol–water partition coefficient (Wildman–Crippen LogP) is 11.2. The third-order valence-corrected chi connectivity index (χ3v) is 9.74. The molecule has 0 fully saturated rings. The van der Waals surface area contributed by atoms with Crippen molar-refractivity contribution >= 4 is 71.0 Å². The van der Waals surface area contributed by atoms with Crippen LogP contribution in [0.4, 0.5) is 0 Å². The Kier molecular flexibility index (Phi) is 6.26. The summed E-state index contributed by atoms with van der Waals surface area (Å²) in [5.74, 6) is 0.126. The third kappa shape index (κ3) is 4.45. The molecular weight excluding hydrogens is 613 g/mol. The van der Waals surface area contributed by atoms with Crippen LogP contribution in [0, 0.1) is 5.41 Å². The van der Waals surface area contributed by atoms with Crippen LogP contribution in [-0.2, 0) is 0 Å². The van der Waals surface area contributed by atoms with Crippen LogP contribution < -0.4 is 5.62 Å². The first-order chi connectivity index (χ1) is 24.7. The fourth-order valence-electron chi connectivity index (χ4n) is 7.45. The molecule has 10 aromatic rings. The zero-order chi connectivity index (χ0) is 33.2. The van der Waals surface area contributed by atoms with Gasteiger partial charge in [-0.25, -0.2) is 4.98 Å². The number of H-pyrrole nitrogens is 1. The molecule has 0 aliphatic heterocycles. The highest BCUT2D eigenvalue weighted by atomic mass is 16.3. The molecule has 0 atom stereocenters. The Morgan fingerprint density at radius 2 is 1.12 bits per heavy atom. The van der Waals surface area contributed by atoms with E-state index in [-0.39, 0.29) is 5.84 Å². The van der Waals surface area contributed by atoms with E-state index in [0.717, 1.165) is 55.2 Å². The lowest BCUT2D eigenvalue weighted by Crippen LogP contribution is -2.17.